The summed E-state index contributed by atoms with van der Waals surface area (Å²) in [4.78, 5) is 25.7. The summed E-state index contributed by atoms with van der Waals surface area (Å²) < 4.78 is 47.5. The zero-order chi connectivity index (χ0) is 22.5. The summed E-state index contributed by atoms with van der Waals surface area (Å²) in [6, 6.07) is 9.06. The molecule has 1 aromatic heterocycles. The van der Waals surface area contributed by atoms with Crippen molar-refractivity contribution in [1.29, 1.82) is 5.26 Å². The van der Waals surface area contributed by atoms with Gasteiger partial charge >= 0.3 is 17.8 Å². The van der Waals surface area contributed by atoms with Crippen molar-refractivity contribution in [3.05, 3.63) is 51.9 Å². The highest BCUT2D eigenvalue weighted by Gasteiger charge is 2.64. The zero-order valence-electron chi connectivity index (χ0n) is 16.5. The van der Waals surface area contributed by atoms with Crippen LogP contribution in [0.2, 0.25) is 0 Å². The largest absolute Gasteiger partial charge is 0.463 e. The van der Waals surface area contributed by atoms with Gasteiger partial charge in [0.2, 0.25) is 0 Å². The van der Waals surface area contributed by atoms with Crippen LogP contribution in [0.25, 0.3) is 0 Å². The summed E-state index contributed by atoms with van der Waals surface area (Å²) in [6.45, 7) is 4.44. The van der Waals surface area contributed by atoms with Crippen molar-refractivity contribution in [2.75, 3.05) is 11.9 Å². The molecule has 10 heteroatoms. The third-order valence-corrected chi connectivity index (χ3v) is 5.38. The minimum Gasteiger partial charge on any atom is -0.463 e. The number of alkyl halides is 3. The Kier molecular flexibility index (Phi) is 7.10. The summed E-state index contributed by atoms with van der Waals surface area (Å²) >= 11 is 0.899. The quantitative estimate of drug-likeness (QED) is 0.500. The van der Waals surface area contributed by atoms with Gasteiger partial charge in [-0.1, -0.05) is 25.1 Å². The van der Waals surface area contributed by atoms with Crippen LogP contribution in [0.1, 0.15) is 40.2 Å². The molecule has 0 bridgehead atoms. The molecule has 160 valence electrons. The van der Waals surface area contributed by atoms with Crippen LogP contribution in [0.15, 0.2) is 30.3 Å². The molecule has 0 aliphatic heterocycles. The van der Waals surface area contributed by atoms with Gasteiger partial charge in [0.05, 0.1) is 12.2 Å². The monoisotopic (exact) mass is 439 g/mol. The SMILES string of the molecule is CCOC(=O)C(NC(=O)c1ccccc1)(Nc1sc(C)c(CC)c1C#N)C(F)(F)F. The predicted molar refractivity (Wildman–Crippen MR) is 106 cm³/mol. The van der Waals surface area contributed by atoms with Gasteiger partial charge in [0.25, 0.3) is 5.91 Å². The number of hydrogen-bond acceptors (Lipinski definition) is 6. The predicted octanol–water partition coefficient (Wildman–Crippen LogP) is 4.15. The number of anilines is 1. The van der Waals surface area contributed by atoms with Crippen LogP contribution < -0.4 is 10.6 Å². The van der Waals surface area contributed by atoms with Crippen molar-refractivity contribution >= 4 is 28.2 Å². The molecule has 2 N–H and O–H groups in total. The number of hydrogen-bond donors (Lipinski definition) is 2. The fourth-order valence-corrected chi connectivity index (χ4v) is 3.99. The molecule has 2 aromatic rings. The lowest BCUT2D eigenvalue weighted by Crippen LogP contribution is -2.69. The number of rotatable bonds is 7. The van der Waals surface area contributed by atoms with Crippen molar-refractivity contribution in [1.82, 2.24) is 5.32 Å². The standard InChI is InChI=1S/C20H20F3N3O3S/c1-4-14-12(3)30-17(15(14)11-24)26-19(20(21,22)23,18(28)29-5-2)25-16(27)13-9-7-6-8-10-13/h6-10,26H,4-5H2,1-3H3,(H,25,27). The lowest BCUT2D eigenvalue weighted by Gasteiger charge is -2.35. The Hall–Kier alpha value is -3.06. The van der Waals surface area contributed by atoms with Crippen LogP contribution in [0.3, 0.4) is 0 Å². The van der Waals surface area contributed by atoms with Crippen molar-refractivity contribution in [3.8, 4) is 6.07 Å². The molecule has 1 atom stereocenters. The molecule has 1 aromatic carbocycles. The van der Waals surface area contributed by atoms with E-state index in [-0.39, 0.29) is 22.7 Å². The van der Waals surface area contributed by atoms with Gasteiger partial charge in [-0.25, -0.2) is 4.79 Å². The minimum absolute atomic E-state index is 0.00752. The fraction of sp³-hybridized carbons (Fsp3) is 0.350. The van der Waals surface area contributed by atoms with E-state index in [0.29, 0.717) is 16.9 Å². The molecule has 6 nitrogen and oxygen atoms in total. The number of ether oxygens (including phenoxy) is 1. The summed E-state index contributed by atoms with van der Waals surface area (Å²) in [5, 5.41) is 13.2. The molecule has 0 aliphatic rings. The number of nitriles is 1. The second kappa shape index (κ2) is 9.17. The number of amides is 1. The molecule has 30 heavy (non-hydrogen) atoms. The van der Waals surface area contributed by atoms with E-state index >= 15 is 0 Å². The third kappa shape index (κ3) is 4.41. The first-order valence-electron chi connectivity index (χ1n) is 9.03. The molecule has 1 heterocycles. The van der Waals surface area contributed by atoms with Crippen molar-refractivity contribution < 1.29 is 27.5 Å². The maximum Gasteiger partial charge on any atom is 0.441 e. The second-order valence-electron chi connectivity index (χ2n) is 6.22. The van der Waals surface area contributed by atoms with Crippen LogP contribution in [-0.2, 0) is 16.0 Å². The molecule has 0 fully saturated rings. The maximum atomic E-state index is 14.3. The minimum atomic E-state index is -5.28. The molecule has 2 rings (SSSR count). The number of aryl methyl sites for hydroxylation is 1. The summed E-state index contributed by atoms with van der Waals surface area (Å²) in [5.41, 5.74) is -3.09. The lowest BCUT2D eigenvalue weighted by atomic mass is 10.1. The average Bonchev–Trinajstić information content (AvgIpc) is 3.01. The zero-order valence-corrected chi connectivity index (χ0v) is 17.3. The number of nitrogens with zero attached hydrogens (tertiary/aromatic N) is 1. The highest BCUT2D eigenvalue weighted by molar-refractivity contribution is 7.16. The number of halogens is 3. The van der Waals surface area contributed by atoms with E-state index < -0.39 is 23.7 Å². The normalized spacial score (nSPS) is 13.1. The summed E-state index contributed by atoms with van der Waals surface area (Å²) in [5.74, 6) is -2.86. The molecule has 0 saturated heterocycles. The molecule has 0 spiro atoms. The second-order valence-corrected chi connectivity index (χ2v) is 7.44. The first-order chi connectivity index (χ1) is 14.1. The van der Waals surface area contributed by atoms with Gasteiger partial charge in [0.1, 0.15) is 11.1 Å². The van der Waals surface area contributed by atoms with E-state index in [2.05, 4.69) is 10.1 Å². The van der Waals surface area contributed by atoms with Crippen LogP contribution in [0.5, 0.6) is 0 Å². The van der Waals surface area contributed by atoms with E-state index in [4.69, 9.17) is 0 Å². The molecule has 1 unspecified atom stereocenters. The maximum absolute atomic E-state index is 14.3. The van der Waals surface area contributed by atoms with Crippen LogP contribution in [-0.4, -0.2) is 30.3 Å². The van der Waals surface area contributed by atoms with Gasteiger partial charge < -0.3 is 15.4 Å². The Labute approximate surface area is 175 Å². The molecular weight excluding hydrogens is 419 g/mol. The van der Waals surface area contributed by atoms with Gasteiger partial charge in [0, 0.05) is 10.4 Å². The fourth-order valence-electron chi connectivity index (χ4n) is 2.84. The third-order valence-electron chi connectivity index (χ3n) is 4.32. The Balaban J connectivity index is 2.62. The van der Waals surface area contributed by atoms with Gasteiger partial charge in [-0.15, -0.1) is 11.3 Å². The highest BCUT2D eigenvalue weighted by atomic mass is 32.1. The van der Waals surface area contributed by atoms with Crippen LogP contribution >= 0.6 is 11.3 Å². The van der Waals surface area contributed by atoms with Crippen molar-refractivity contribution in [2.45, 2.75) is 39.0 Å². The average molecular weight is 439 g/mol. The van der Waals surface area contributed by atoms with E-state index in [1.54, 1.807) is 25.2 Å². The Morgan fingerprint density at radius 2 is 1.83 bits per heavy atom. The summed E-state index contributed by atoms with van der Waals surface area (Å²) in [6.07, 6.45) is -4.86. The number of nitrogens with one attached hydrogen (secondary N) is 2. The van der Waals surface area contributed by atoms with Gasteiger partial charge in [-0.05, 0) is 38.0 Å². The van der Waals surface area contributed by atoms with Crippen LogP contribution in [0, 0.1) is 18.3 Å². The number of carbonyl (C=O) groups excluding carboxylic acids is 2. The number of carbonyl (C=O) groups is 2. The van der Waals surface area contributed by atoms with E-state index in [1.807, 2.05) is 6.07 Å². The Bertz CT molecular complexity index is 967. The highest BCUT2D eigenvalue weighted by Crippen LogP contribution is 2.39. The number of benzene rings is 1. The topological polar surface area (TPSA) is 91.2 Å². The smallest absolute Gasteiger partial charge is 0.441 e. The van der Waals surface area contributed by atoms with Crippen LogP contribution in [0.4, 0.5) is 18.2 Å². The van der Waals surface area contributed by atoms with Gasteiger partial charge in [-0.3, -0.25) is 4.79 Å². The van der Waals surface area contributed by atoms with E-state index in [9.17, 15) is 28.0 Å². The Morgan fingerprint density at radius 1 is 1.20 bits per heavy atom. The van der Waals surface area contributed by atoms with Gasteiger partial charge in [0.15, 0.2) is 0 Å². The molecule has 1 amide bonds. The van der Waals surface area contributed by atoms with Gasteiger partial charge in [-0.2, -0.15) is 18.4 Å². The van der Waals surface area contributed by atoms with E-state index in [1.165, 1.54) is 31.2 Å². The Morgan fingerprint density at radius 3 is 2.33 bits per heavy atom. The van der Waals surface area contributed by atoms with Crippen molar-refractivity contribution in [2.24, 2.45) is 0 Å². The van der Waals surface area contributed by atoms with Crippen molar-refractivity contribution in [3.63, 3.8) is 0 Å². The van der Waals surface area contributed by atoms with E-state index in [0.717, 1.165) is 11.3 Å². The first-order valence-corrected chi connectivity index (χ1v) is 9.84. The molecular formula is C20H20F3N3O3S. The number of thiophene rings is 1. The first kappa shape index (κ1) is 23.2. The molecule has 0 radical (unpaired) electrons. The molecule has 0 aliphatic carbocycles. The number of esters is 1. The lowest BCUT2D eigenvalue weighted by molar-refractivity contribution is -0.204. The molecule has 0 saturated carbocycles. The summed E-state index contributed by atoms with van der Waals surface area (Å²) in [7, 11) is 0.